The van der Waals surface area contributed by atoms with Crippen molar-refractivity contribution in [2.24, 2.45) is 0 Å². The molecule has 0 spiro atoms. The summed E-state index contributed by atoms with van der Waals surface area (Å²) in [6.45, 7) is 2.77. The van der Waals surface area contributed by atoms with Crippen molar-refractivity contribution in [2.75, 3.05) is 19.7 Å². The van der Waals surface area contributed by atoms with Crippen molar-refractivity contribution in [1.82, 2.24) is 10.6 Å². The number of hydrogen-bond acceptors (Lipinski definition) is 4. The summed E-state index contributed by atoms with van der Waals surface area (Å²) in [5.74, 6) is -1.04. The average Bonchev–Trinajstić information content (AvgIpc) is 3.06. The quantitative estimate of drug-likeness (QED) is 0.520. The minimum absolute atomic E-state index is 0.0931. The van der Waals surface area contributed by atoms with E-state index in [-0.39, 0.29) is 25.4 Å². The largest absolute Gasteiger partial charge is 0.481 e. The Morgan fingerprint density at radius 2 is 2.18 bits per heavy atom. The highest BCUT2D eigenvalue weighted by molar-refractivity contribution is 5.78. The Bertz CT molecular complexity index is 266. The second-order valence-electron chi connectivity index (χ2n) is 4.13. The van der Waals surface area contributed by atoms with E-state index < -0.39 is 12.1 Å². The monoisotopic (exact) mass is 244 g/mol. The molecule has 1 unspecified atom stereocenters. The van der Waals surface area contributed by atoms with E-state index >= 15 is 0 Å². The van der Waals surface area contributed by atoms with E-state index in [0.29, 0.717) is 12.6 Å². The van der Waals surface area contributed by atoms with E-state index in [4.69, 9.17) is 9.84 Å². The van der Waals surface area contributed by atoms with Gasteiger partial charge in [-0.05, 0) is 19.8 Å². The molecule has 3 N–H and O–H groups in total. The number of carboxylic acids is 1. The van der Waals surface area contributed by atoms with Gasteiger partial charge in [-0.25, -0.2) is 0 Å². The Morgan fingerprint density at radius 3 is 2.71 bits per heavy atom. The van der Waals surface area contributed by atoms with Gasteiger partial charge in [-0.3, -0.25) is 9.59 Å². The Morgan fingerprint density at radius 1 is 1.47 bits per heavy atom. The van der Waals surface area contributed by atoms with Crippen molar-refractivity contribution in [1.29, 1.82) is 0 Å². The van der Waals surface area contributed by atoms with Gasteiger partial charge in [-0.1, -0.05) is 0 Å². The van der Waals surface area contributed by atoms with Crippen molar-refractivity contribution in [3.8, 4) is 0 Å². The van der Waals surface area contributed by atoms with Crippen molar-refractivity contribution in [3.05, 3.63) is 0 Å². The zero-order valence-corrected chi connectivity index (χ0v) is 10.1. The lowest BCUT2D eigenvalue weighted by Crippen LogP contribution is -2.40. The summed E-state index contributed by atoms with van der Waals surface area (Å²) in [5, 5.41) is 14.4. The Labute approximate surface area is 101 Å². The number of rotatable bonds is 9. The summed E-state index contributed by atoms with van der Waals surface area (Å²) >= 11 is 0. The lowest BCUT2D eigenvalue weighted by atomic mass is 10.2. The second-order valence-corrected chi connectivity index (χ2v) is 4.13. The van der Waals surface area contributed by atoms with Gasteiger partial charge in [-0.15, -0.1) is 0 Å². The zero-order valence-electron chi connectivity index (χ0n) is 10.1. The highest BCUT2D eigenvalue weighted by atomic mass is 16.5. The molecule has 1 aliphatic rings. The lowest BCUT2D eigenvalue weighted by Gasteiger charge is -2.15. The number of hydrogen-bond donors (Lipinski definition) is 3. The number of carboxylic acid groups (broad SMARTS) is 1. The molecule has 0 heterocycles. The molecule has 1 atom stereocenters. The Kier molecular flexibility index (Phi) is 5.93. The number of aliphatic carboxylic acids is 1. The minimum Gasteiger partial charge on any atom is -0.481 e. The maximum Gasteiger partial charge on any atom is 0.306 e. The van der Waals surface area contributed by atoms with Gasteiger partial charge in [0.25, 0.3) is 0 Å². The van der Waals surface area contributed by atoms with E-state index in [9.17, 15) is 9.59 Å². The topological polar surface area (TPSA) is 87.7 Å². The highest BCUT2D eigenvalue weighted by Gasteiger charge is 2.21. The molecule has 1 rings (SSSR count). The molecule has 0 aromatic carbocycles. The summed E-state index contributed by atoms with van der Waals surface area (Å²) in [4.78, 5) is 21.9. The molecule has 6 heteroatoms. The average molecular weight is 244 g/mol. The van der Waals surface area contributed by atoms with Crippen LogP contribution in [-0.4, -0.2) is 48.8 Å². The zero-order chi connectivity index (χ0) is 12.7. The molecule has 1 saturated carbocycles. The first-order valence-electron chi connectivity index (χ1n) is 5.95. The number of ether oxygens (including phenoxy) is 1. The molecule has 17 heavy (non-hydrogen) atoms. The first-order valence-corrected chi connectivity index (χ1v) is 5.95. The van der Waals surface area contributed by atoms with Crippen LogP contribution >= 0.6 is 0 Å². The van der Waals surface area contributed by atoms with E-state index in [1.807, 2.05) is 0 Å². The summed E-state index contributed by atoms with van der Waals surface area (Å²) < 4.78 is 5.23. The van der Waals surface area contributed by atoms with Crippen LogP contribution in [0.4, 0.5) is 0 Å². The standard InChI is InChI=1S/C11H20N2O4/c1-2-17-9(5-11(15)16)6-13-10(14)7-12-8-3-4-8/h8-9,12H,2-7H2,1H3,(H,13,14)(H,15,16). The van der Waals surface area contributed by atoms with Crippen molar-refractivity contribution >= 4 is 11.9 Å². The molecule has 98 valence electrons. The molecule has 0 aliphatic heterocycles. The van der Waals surface area contributed by atoms with Gasteiger partial charge in [-0.2, -0.15) is 0 Å². The number of carbonyl (C=O) groups excluding carboxylic acids is 1. The minimum atomic E-state index is -0.922. The van der Waals surface area contributed by atoms with E-state index in [1.165, 1.54) is 0 Å². The second kappa shape index (κ2) is 7.24. The predicted molar refractivity (Wildman–Crippen MR) is 61.7 cm³/mol. The third kappa shape index (κ3) is 6.91. The third-order valence-corrected chi connectivity index (χ3v) is 2.46. The van der Waals surface area contributed by atoms with Gasteiger partial charge in [0.15, 0.2) is 0 Å². The van der Waals surface area contributed by atoms with Crippen LogP contribution in [0.2, 0.25) is 0 Å². The highest BCUT2D eigenvalue weighted by Crippen LogP contribution is 2.17. The summed E-state index contributed by atoms with van der Waals surface area (Å²) in [6.07, 6.45) is 1.72. The lowest BCUT2D eigenvalue weighted by molar-refractivity contribution is -0.140. The van der Waals surface area contributed by atoms with Gasteiger partial charge in [0, 0.05) is 19.2 Å². The molecule has 6 nitrogen and oxygen atoms in total. The molecule has 1 aliphatic carbocycles. The normalized spacial score (nSPS) is 16.5. The fourth-order valence-electron chi connectivity index (χ4n) is 1.44. The van der Waals surface area contributed by atoms with Crippen LogP contribution in [0, 0.1) is 0 Å². The Hall–Kier alpha value is -1.14. The van der Waals surface area contributed by atoms with Crippen LogP contribution in [0.3, 0.4) is 0 Å². The van der Waals surface area contributed by atoms with Gasteiger partial charge in [0.1, 0.15) is 0 Å². The molecular formula is C11H20N2O4. The molecule has 0 aromatic rings. The number of nitrogens with one attached hydrogen (secondary N) is 2. The van der Waals surface area contributed by atoms with Crippen LogP contribution < -0.4 is 10.6 Å². The third-order valence-electron chi connectivity index (χ3n) is 2.46. The van der Waals surface area contributed by atoms with Crippen LogP contribution in [0.1, 0.15) is 26.2 Å². The summed E-state index contributed by atoms with van der Waals surface area (Å²) in [7, 11) is 0. The maximum atomic E-state index is 11.4. The summed E-state index contributed by atoms with van der Waals surface area (Å²) in [5.41, 5.74) is 0. The number of amides is 1. The van der Waals surface area contributed by atoms with Gasteiger partial charge < -0.3 is 20.5 Å². The molecule has 1 amide bonds. The maximum absolute atomic E-state index is 11.4. The van der Waals surface area contributed by atoms with Crippen LogP contribution in [-0.2, 0) is 14.3 Å². The smallest absolute Gasteiger partial charge is 0.306 e. The van der Waals surface area contributed by atoms with Crippen LogP contribution in [0.25, 0.3) is 0 Å². The molecule has 0 aromatic heterocycles. The van der Waals surface area contributed by atoms with Crippen molar-refractivity contribution in [3.63, 3.8) is 0 Å². The predicted octanol–water partition coefficient (Wildman–Crippen LogP) is -0.266. The molecule has 0 bridgehead atoms. The van der Waals surface area contributed by atoms with E-state index in [0.717, 1.165) is 12.8 Å². The van der Waals surface area contributed by atoms with Crippen LogP contribution in [0.15, 0.2) is 0 Å². The molecule has 1 fully saturated rings. The molecule has 0 saturated heterocycles. The van der Waals surface area contributed by atoms with E-state index in [2.05, 4.69) is 10.6 Å². The fourth-order valence-corrected chi connectivity index (χ4v) is 1.44. The molecular weight excluding hydrogens is 224 g/mol. The van der Waals surface area contributed by atoms with Crippen LogP contribution in [0.5, 0.6) is 0 Å². The van der Waals surface area contributed by atoms with Gasteiger partial charge >= 0.3 is 5.97 Å². The first-order chi connectivity index (χ1) is 8.11. The van der Waals surface area contributed by atoms with Crippen molar-refractivity contribution in [2.45, 2.75) is 38.3 Å². The van der Waals surface area contributed by atoms with E-state index in [1.54, 1.807) is 6.92 Å². The number of carbonyl (C=O) groups is 2. The molecule has 0 radical (unpaired) electrons. The van der Waals surface area contributed by atoms with Gasteiger partial charge in [0.05, 0.1) is 19.1 Å². The fraction of sp³-hybridized carbons (Fsp3) is 0.818. The summed E-state index contributed by atoms with van der Waals surface area (Å²) in [6, 6.07) is 0.488. The SMILES string of the molecule is CCOC(CNC(=O)CNC1CC1)CC(=O)O. The first kappa shape index (κ1) is 13.9. The van der Waals surface area contributed by atoms with Gasteiger partial charge in [0.2, 0.25) is 5.91 Å². The van der Waals surface area contributed by atoms with Crippen molar-refractivity contribution < 1.29 is 19.4 Å². The Balaban J connectivity index is 2.14.